The third-order valence-corrected chi connectivity index (χ3v) is 4.30. The van der Waals surface area contributed by atoms with Crippen molar-refractivity contribution >= 4 is 14.5 Å². The molecular formula is C13H14O3Si. The fraction of sp³-hybridized carbons (Fsp3) is 0.0769. The molecule has 0 heterocycles. The summed E-state index contributed by atoms with van der Waals surface area (Å²) in [5, 5.41) is 10.5. The SMILES string of the molecule is CO[SiH](Oc1ccccc1)c1ccccc1O. The molecule has 0 aliphatic rings. The number of phenolic OH excluding ortho intramolecular Hbond substituents is 1. The first-order valence-electron chi connectivity index (χ1n) is 5.33. The average molecular weight is 246 g/mol. The molecule has 0 fully saturated rings. The lowest BCUT2D eigenvalue weighted by atomic mass is 10.3. The topological polar surface area (TPSA) is 38.7 Å². The molecule has 2 aromatic carbocycles. The van der Waals surface area contributed by atoms with Crippen LogP contribution >= 0.6 is 0 Å². The minimum absolute atomic E-state index is 0.224. The highest BCUT2D eigenvalue weighted by atomic mass is 28.3. The van der Waals surface area contributed by atoms with Crippen molar-refractivity contribution in [3.8, 4) is 11.5 Å². The van der Waals surface area contributed by atoms with Crippen LogP contribution in [0, 0.1) is 0 Å². The van der Waals surface area contributed by atoms with E-state index in [1.807, 2.05) is 42.5 Å². The molecule has 0 aliphatic heterocycles. The predicted octanol–water partition coefficient (Wildman–Crippen LogP) is 1.55. The lowest BCUT2D eigenvalue weighted by Crippen LogP contribution is -2.38. The number of hydrogen-bond donors (Lipinski definition) is 1. The molecule has 2 aromatic rings. The van der Waals surface area contributed by atoms with Crippen molar-refractivity contribution in [2.45, 2.75) is 0 Å². The minimum Gasteiger partial charge on any atom is -0.519 e. The van der Waals surface area contributed by atoms with Crippen LogP contribution in [0.4, 0.5) is 0 Å². The van der Waals surface area contributed by atoms with Gasteiger partial charge in [-0.1, -0.05) is 36.4 Å². The van der Waals surface area contributed by atoms with Crippen LogP contribution in [0.15, 0.2) is 54.6 Å². The van der Waals surface area contributed by atoms with Gasteiger partial charge in [-0.2, -0.15) is 0 Å². The van der Waals surface area contributed by atoms with E-state index in [-0.39, 0.29) is 5.75 Å². The summed E-state index contributed by atoms with van der Waals surface area (Å²) in [5.74, 6) is 0.983. The summed E-state index contributed by atoms with van der Waals surface area (Å²) in [6, 6.07) is 16.6. The summed E-state index contributed by atoms with van der Waals surface area (Å²) in [6.07, 6.45) is 0. The number of hydrogen-bond acceptors (Lipinski definition) is 3. The van der Waals surface area contributed by atoms with E-state index in [1.165, 1.54) is 0 Å². The molecule has 0 aromatic heterocycles. The van der Waals surface area contributed by atoms with Crippen molar-refractivity contribution in [2.24, 2.45) is 0 Å². The van der Waals surface area contributed by atoms with Gasteiger partial charge in [0.05, 0.1) is 0 Å². The van der Waals surface area contributed by atoms with Gasteiger partial charge in [-0.15, -0.1) is 0 Å². The molecule has 0 bridgehead atoms. The molecule has 4 heteroatoms. The highest BCUT2D eigenvalue weighted by Crippen LogP contribution is 2.12. The molecular weight excluding hydrogens is 232 g/mol. The Labute approximate surface area is 102 Å². The minimum atomic E-state index is -2.09. The van der Waals surface area contributed by atoms with Gasteiger partial charge in [-0.3, -0.25) is 0 Å². The summed E-state index contributed by atoms with van der Waals surface area (Å²) >= 11 is 0. The number of para-hydroxylation sites is 2. The zero-order valence-corrected chi connectivity index (χ0v) is 10.7. The van der Waals surface area contributed by atoms with Crippen LogP contribution in [-0.4, -0.2) is 21.5 Å². The van der Waals surface area contributed by atoms with E-state index in [0.717, 1.165) is 10.9 Å². The first kappa shape index (κ1) is 11.7. The summed E-state index contributed by atoms with van der Waals surface area (Å²) in [7, 11) is -0.484. The van der Waals surface area contributed by atoms with Gasteiger partial charge in [-0.25, -0.2) is 0 Å². The molecule has 0 aliphatic carbocycles. The maximum atomic E-state index is 9.76. The summed E-state index contributed by atoms with van der Waals surface area (Å²) in [6.45, 7) is 0. The van der Waals surface area contributed by atoms with E-state index < -0.39 is 9.28 Å². The number of aromatic hydroxyl groups is 1. The van der Waals surface area contributed by atoms with Crippen molar-refractivity contribution in [3.63, 3.8) is 0 Å². The van der Waals surface area contributed by atoms with E-state index in [4.69, 9.17) is 8.85 Å². The quantitative estimate of drug-likeness (QED) is 0.832. The van der Waals surface area contributed by atoms with Gasteiger partial charge in [0.25, 0.3) is 0 Å². The van der Waals surface area contributed by atoms with Crippen LogP contribution in [0.5, 0.6) is 11.5 Å². The van der Waals surface area contributed by atoms with Crippen LogP contribution in [0.1, 0.15) is 0 Å². The Bertz CT molecular complexity index is 473. The third-order valence-electron chi connectivity index (χ3n) is 2.39. The molecule has 0 saturated carbocycles. The van der Waals surface area contributed by atoms with Gasteiger partial charge in [0.1, 0.15) is 11.5 Å². The van der Waals surface area contributed by atoms with E-state index in [1.54, 1.807) is 19.2 Å². The molecule has 1 unspecified atom stereocenters. The van der Waals surface area contributed by atoms with E-state index >= 15 is 0 Å². The Hall–Kier alpha value is -1.78. The molecule has 0 radical (unpaired) electrons. The smallest absolute Gasteiger partial charge is 0.420 e. The van der Waals surface area contributed by atoms with Crippen LogP contribution in [0.3, 0.4) is 0 Å². The second-order valence-corrected chi connectivity index (χ2v) is 5.55. The van der Waals surface area contributed by atoms with Crippen LogP contribution < -0.4 is 9.61 Å². The lowest BCUT2D eigenvalue weighted by Gasteiger charge is -2.16. The highest BCUT2D eigenvalue weighted by molar-refractivity contribution is 6.63. The first-order valence-corrected chi connectivity index (χ1v) is 6.85. The highest BCUT2D eigenvalue weighted by Gasteiger charge is 2.20. The van der Waals surface area contributed by atoms with Gasteiger partial charge in [0.2, 0.25) is 0 Å². The normalized spacial score (nSPS) is 12.1. The molecule has 0 amide bonds. The van der Waals surface area contributed by atoms with Crippen LogP contribution in [-0.2, 0) is 4.43 Å². The number of benzene rings is 2. The standard InChI is InChI=1S/C13H14O3Si/c1-15-17(13-10-6-5-9-12(13)14)16-11-7-3-2-4-8-11/h2-10,14,17H,1H3. The van der Waals surface area contributed by atoms with Crippen molar-refractivity contribution in [3.05, 3.63) is 54.6 Å². The molecule has 88 valence electrons. The van der Waals surface area contributed by atoms with Gasteiger partial charge in [-0.05, 0) is 18.2 Å². The van der Waals surface area contributed by atoms with Crippen molar-refractivity contribution < 1.29 is 14.0 Å². The van der Waals surface area contributed by atoms with E-state index in [2.05, 4.69) is 0 Å². The van der Waals surface area contributed by atoms with Crippen molar-refractivity contribution in [1.82, 2.24) is 0 Å². The zero-order chi connectivity index (χ0) is 12.1. The summed E-state index contributed by atoms with van der Waals surface area (Å²) in [5.41, 5.74) is 0. The van der Waals surface area contributed by atoms with Gasteiger partial charge in [0.15, 0.2) is 0 Å². The molecule has 1 atom stereocenters. The first-order chi connectivity index (χ1) is 8.31. The number of phenols is 1. The summed E-state index contributed by atoms with van der Waals surface area (Å²) < 4.78 is 11.2. The van der Waals surface area contributed by atoms with Gasteiger partial charge in [0, 0.05) is 12.3 Å². The van der Waals surface area contributed by atoms with E-state index in [9.17, 15) is 5.11 Å². The van der Waals surface area contributed by atoms with E-state index in [0.29, 0.717) is 0 Å². The average Bonchev–Trinajstić information content (AvgIpc) is 2.38. The van der Waals surface area contributed by atoms with Gasteiger partial charge < -0.3 is 14.0 Å². The maximum Gasteiger partial charge on any atom is 0.420 e. The Morgan fingerprint density at radius 3 is 2.24 bits per heavy atom. The monoisotopic (exact) mass is 246 g/mol. The fourth-order valence-corrected chi connectivity index (χ4v) is 3.04. The van der Waals surface area contributed by atoms with Crippen molar-refractivity contribution in [2.75, 3.05) is 7.11 Å². The largest absolute Gasteiger partial charge is 0.519 e. The molecule has 0 spiro atoms. The Balaban J connectivity index is 2.21. The lowest BCUT2D eigenvalue weighted by molar-refractivity contribution is 0.346. The molecule has 3 nitrogen and oxygen atoms in total. The summed E-state index contributed by atoms with van der Waals surface area (Å²) in [4.78, 5) is 0. The fourth-order valence-electron chi connectivity index (χ4n) is 1.55. The van der Waals surface area contributed by atoms with Crippen molar-refractivity contribution in [1.29, 1.82) is 0 Å². The number of rotatable bonds is 4. The Kier molecular flexibility index (Phi) is 3.80. The van der Waals surface area contributed by atoms with Crippen LogP contribution in [0.2, 0.25) is 0 Å². The Morgan fingerprint density at radius 2 is 1.59 bits per heavy atom. The second-order valence-electron chi connectivity index (χ2n) is 3.56. The van der Waals surface area contributed by atoms with Gasteiger partial charge >= 0.3 is 9.28 Å². The van der Waals surface area contributed by atoms with Crippen LogP contribution in [0.25, 0.3) is 0 Å². The molecule has 2 rings (SSSR count). The predicted molar refractivity (Wildman–Crippen MR) is 69.0 cm³/mol. The molecule has 1 N–H and O–H groups in total. The Morgan fingerprint density at radius 1 is 0.941 bits per heavy atom. The zero-order valence-electron chi connectivity index (χ0n) is 9.54. The third kappa shape index (κ3) is 2.86. The second kappa shape index (κ2) is 5.52. The maximum absolute atomic E-state index is 9.76. The molecule has 0 saturated heterocycles. The molecule has 17 heavy (non-hydrogen) atoms.